The van der Waals surface area contributed by atoms with Crippen LogP contribution in [0.3, 0.4) is 0 Å². The van der Waals surface area contributed by atoms with Gasteiger partial charge in [0.15, 0.2) is 0 Å². The molecule has 0 aliphatic heterocycles. The minimum atomic E-state index is -2.06. The van der Waals surface area contributed by atoms with Crippen molar-refractivity contribution in [3.05, 3.63) is 54.9 Å². The molecule has 0 atom stereocenters. The van der Waals surface area contributed by atoms with E-state index in [9.17, 15) is 0 Å². The second-order valence-electron chi connectivity index (χ2n) is 6.65. The van der Waals surface area contributed by atoms with Crippen molar-refractivity contribution in [3.8, 4) is 0 Å². The monoisotopic (exact) mass is 382 g/mol. The molecular formula is C18H18N2Sn. The molecule has 0 spiro atoms. The van der Waals surface area contributed by atoms with Crippen LogP contribution in [-0.4, -0.2) is 27.8 Å². The Morgan fingerprint density at radius 2 is 1.67 bits per heavy atom. The number of pyridine rings is 1. The fraction of sp³-hybridized carbons (Fsp3) is 0.167. The van der Waals surface area contributed by atoms with Crippen molar-refractivity contribution in [1.82, 2.24) is 9.38 Å². The third-order valence-electron chi connectivity index (χ3n) is 4.22. The molecule has 2 aromatic carbocycles. The van der Waals surface area contributed by atoms with Crippen LogP contribution in [0.25, 0.3) is 27.3 Å². The van der Waals surface area contributed by atoms with Gasteiger partial charge >= 0.3 is 128 Å². The Morgan fingerprint density at radius 1 is 0.905 bits per heavy atom. The van der Waals surface area contributed by atoms with E-state index in [0.29, 0.717) is 0 Å². The topological polar surface area (TPSA) is 17.3 Å². The number of rotatable bonds is 1. The Kier molecular flexibility index (Phi) is 2.80. The average Bonchev–Trinajstić information content (AvgIpc) is 2.96. The Morgan fingerprint density at radius 3 is 2.43 bits per heavy atom. The van der Waals surface area contributed by atoms with Crippen LogP contribution in [0.15, 0.2) is 54.9 Å². The van der Waals surface area contributed by atoms with Crippen LogP contribution < -0.4 is 3.58 Å². The van der Waals surface area contributed by atoms with Crippen LogP contribution in [0.4, 0.5) is 0 Å². The van der Waals surface area contributed by atoms with E-state index in [1.165, 1.54) is 21.7 Å². The van der Waals surface area contributed by atoms with Gasteiger partial charge in [0.1, 0.15) is 0 Å². The summed E-state index contributed by atoms with van der Waals surface area (Å²) in [5.41, 5.74) is 2.30. The molecule has 0 fully saturated rings. The molecule has 21 heavy (non-hydrogen) atoms. The molecule has 2 nitrogen and oxygen atoms in total. The van der Waals surface area contributed by atoms with E-state index in [1.54, 1.807) is 3.58 Å². The molecule has 0 saturated heterocycles. The maximum absolute atomic E-state index is 4.54. The maximum atomic E-state index is 4.54. The molecule has 0 N–H and O–H groups in total. The van der Waals surface area contributed by atoms with Crippen LogP contribution in [-0.2, 0) is 0 Å². The first-order chi connectivity index (χ1) is 10.1. The van der Waals surface area contributed by atoms with Crippen molar-refractivity contribution in [2.45, 2.75) is 14.8 Å². The molecule has 0 amide bonds. The molecule has 2 aromatic heterocycles. The molecule has 0 aliphatic carbocycles. The molecule has 0 bridgehead atoms. The molecule has 0 aliphatic rings. The third kappa shape index (κ3) is 1.96. The summed E-state index contributed by atoms with van der Waals surface area (Å²) in [6.45, 7) is 0. The van der Waals surface area contributed by atoms with Gasteiger partial charge in [-0.1, -0.05) is 0 Å². The van der Waals surface area contributed by atoms with E-state index in [2.05, 4.69) is 72.9 Å². The van der Waals surface area contributed by atoms with Crippen molar-refractivity contribution in [2.24, 2.45) is 0 Å². The number of hydrogen-bond donors (Lipinski definition) is 0. The molecule has 4 rings (SSSR count). The van der Waals surface area contributed by atoms with Gasteiger partial charge in [0.2, 0.25) is 0 Å². The number of fused-ring (bicyclic) bond motifs is 6. The van der Waals surface area contributed by atoms with Crippen LogP contribution in [0, 0.1) is 0 Å². The van der Waals surface area contributed by atoms with Crippen LogP contribution in [0.5, 0.6) is 0 Å². The summed E-state index contributed by atoms with van der Waals surface area (Å²) >= 11 is -2.06. The minimum absolute atomic E-state index is 1.05. The fourth-order valence-electron chi connectivity index (χ4n) is 3.04. The second kappa shape index (κ2) is 4.47. The Balaban J connectivity index is 2.26. The van der Waals surface area contributed by atoms with E-state index >= 15 is 0 Å². The molecule has 0 unspecified atom stereocenters. The first kappa shape index (κ1) is 13.1. The molecule has 0 radical (unpaired) electrons. The summed E-state index contributed by atoms with van der Waals surface area (Å²) in [5.74, 6) is 0. The Hall–Kier alpha value is -1.55. The van der Waals surface area contributed by atoms with Gasteiger partial charge in [-0.15, -0.1) is 0 Å². The molecule has 0 saturated carbocycles. The van der Waals surface area contributed by atoms with Crippen molar-refractivity contribution in [1.29, 1.82) is 0 Å². The summed E-state index contributed by atoms with van der Waals surface area (Å²) in [4.78, 5) is 11.9. The van der Waals surface area contributed by atoms with Gasteiger partial charge in [-0.3, -0.25) is 0 Å². The van der Waals surface area contributed by atoms with Gasteiger partial charge in [-0.25, -0.2) is 0 Å². The summed E-state index contributed by atoms with van der Waals surface area (Å²) in [7, 11) is 0. The Bertz CT molecular complexity index is 977. The zero-order valence-electron chi connectivity index (χ0n) is 12.6. The molecular weight excluding hydrogens is 363 g/mol. The number of aromatic nitrogens is 2. The molecule has 3 heteroatoms. The molecule has 4 aromatic rings. The van der Waals surface area contributed by atoms with E-state index in [4.69, 9.17) is 0 Å². The van der Waals surface area contributed by atoms with Gasteiger partial charge in [-0.2, -0.15) is 0 Å². The summed E-state index contributed by atoms with van der Waals surface area (Å²) < 4.78 is 3.78. The number of hydrogen-bond acceptors (Lipinski definition) is 1. The van der Waals surface area contributed by atoms with E-state index in [0.717, 1.165) is 5.65 Å². The second-order valence-corrected chi connectivity index (χ2v) is 21.1. The fourth-order valence-corrected chi connectivity index (χ4v) is 6.35. The van der Waals surface area contributed by atoms with Gasteiger partial charge in [0.25, 0.3) is 0 Å². The SMILES string of the molecule is [CH3][Sn]([CH3])([CH3])[c]1ccc2c(c1)c1ccccc1c1nccn21. The van der Waals surface area contributed by atoms with Gasteiger partial charge < -0.3 is 0 Å². The number of imidazole rings is 1. The molecule has 104 valence electrons. The quantitative estimate of drug-likeness (QED) is 0.357. The normalized spacial score (nSPS) is 12.5. The number of benzene rings is 2. The first-order valence-electron chi connectivity index (χ1n) is 7.34. The van der Waals surface area contributed by atoms with Crippen LogP contribution in [0.2, 0.25) is 14.8 Å². The van der Waals surface area contributed by atoms with Crippen molar-refractivity contribution in [3.63, 3.8) is 0 Å². The summed E-state index contributed by atoms with van der Waals surface area (Å²) in [5, 5.41) is 3.89. The van der Waals surface area contributed by atoms with Crippen LogP contribution >= 0.6 is 0 Å². The van der Waals surface area contributed by atoms with Gasteiger partial charge in [-0.05, 0) is 0 Å². The van der Waals surface area contributed by atoms with E-state index < -0.39 is 18.4 Å². The predicted molar refractivity (Wildman–Crippen MR) is 93.2 cm³/mol. The molecule has 2 heterocycles. The van der Waals surface area contributed by atoms with E-state index in [1.807, 2.05) is 6.20 Å². The number of nitrogens with zero attached hydrogens (tertiary/aromatic N) is 2. The zero-order chi connectivity index (χ0) is 14.6. The summed E-state index contributed by atoms with van der Waals surface area (Å²) in [6.07, 6.45) is 3.95. The summed E-state index contributed by atoms with van der Waals surface area (Å²) in [6, 6.07) is 15.6. The van der Waals surface area contributed by atoms with Crippen molar-refractivity contribution < 1.29 is 0 Å². The van der Waals surface area contributed by atoms with Crippen molar-refractivity contribution in [2.75, 3.05) is 0 Å². The standard InChI is InChI=1S/C15H9N2.3CH3.Sn/c1-2-7-13-11(5-1)12-6-3-4-8-14(12)17-10-9-16-15(13)17;;;;/h1-2,4-10H;3*1H3;. The average molecular weight is 381 g/mol. The van der Waals surface area contributed by atoms with E-state index in [-0.39, 0.29) is 0 Å². The van der Waals surface area contributed by atoms with Gasteiger partial charge in [0, 0.05) is 0 Å². The predicted octanol–water partition coefficient (Wildman–Crippen LogP) is 4.19. The van der Waals surface area contributed by atoms with Crippen LogP contribution in [0.1, 0.15) is 0 Å². The third-order valence-corrected chi connectivity index (χ3v) is 10.1. The first-order valence-corrected chi connectivity index (χ1v) is 17.3. The van der Waals surface area contributed by atoms with Crippen molar-refractivity contribution >= 4 is 49.3 Å². The Labute approximate surface area is 128 Å². The van der Waals surface area contributed by atoms with Gasteiger partial charge in [0.05, 0.1) is 0 Å². The zero-order valence-corrected chi connectivity index (χ0v) is 15.4.